The van der Waals surface area contributed by atoms with Crippen molar-refractivity contribution in [2.24, 2.45) is 0 Å². The minimum atomic E-state index is -3.57. The average Bonchev–Trinajstić information content (AvgIpc) is 2.69. The summed E-state index contributed by atoms with van der Waals surface area (Å²) in [5, 5.41) is 5.79. The highest BCUT2D eigenvalue weighted by Gasteiger charge is 2.26. The second kappa shape index (κ2) is 9.04. The van der Waals surface area contributed by atoms with E-state index in [1.54, 1.807) is 24.3 Å². The van der Waals surface area contributed by atoms with Crippen molar-refractivity contribution in [1.29, 1.82) is 0 Å². The van der Waals surface area contributed by atoms with Crippen LogP contribution in [-0.2, 0) is 19.6 Å². The third-order valence-corrected chi connectivity index (χ3v) is 6.84. The number of carbonyl (C=O) groups excluding carboxylic acids is 1. The molecule has 1 amide bonds. The Kier molecular flexibility index (Phi) is 6.71. The number of anilines is 2. The lowest BCUT2D eigenvalue weighted by molar-refractivity contribution is -0.114. The Hall–Kier alpha value is -1.94. The highest BCUT2D eigenvalue weighted by Crippen LogP contribution is 2.23. The number of benzene rings is 2. The van der Waals surface area contributed by atoms with Gasteiger partial charge in [0.15, 0.2) is 0 Å². The van der Waals surface area contributed by atoms with Crippen molar-refractivity contribution >= 4 is 43.2 Å². The second-order valence-corrected chi connectivity index (χ2v) is 9.22. The lowest BCUT2D eigenvalue weighted by Gasteiger charge is -2.26. The summed E-state index contributed by atoms with van der Waals surface area (Å²) in [6.07, 6.45) is 0. The van der Waals surface area contributed by atoms with Gasteiger partial charge in [-0.25, -0.2) is 8.42 Å². The molecule has 0 radical (unpaired) electrons. The van der Waals surface area contributed by atoms with E-state index in [-0.39, 0.29) is 17.3 Å². The molecule has 28 heavy (non-hydrogen) atoms. The first-order chi connectivity index (χ1) is 13.4. The fraction of sp³-hybridized carbons (Fsp3) is 0.316. The SMILES string of the molecule is Cc1ccc(NC(=O)CNc2cccc(S(=O)(=O)N3CCOCC3)c2)c(Br)c1. The van der Waals surface area contributed by atoms with Gasteiger partial charge in [0, 0.05) is 23.2 Å². The van der Waals surface area contributed by atoms with Crippen molar-refractivity contribution in [1.82, 2.24) is 4.31 Å². The lowest BCUT2D eigenvalue weighted by atomic mass is 10.2. The van der Waals surface area contributed by atoms with Crippen LogP contribution in [0.4, 0.5) is 11.4 Å². The van der Waals surface area contributed by atoms with Gasteiger partial charge in [-0.1, -0.05) is 12.1 Å². The number of ether oxygens (including phenoxy) is 1. The monoisotopic (exact) mass is 467 g/mol. The normalized spacial score (nSPS) is 15.2. The summed E-state index contributed by atoms with van der Waals surface area (Å²) in [6.45, 7) is 3.46. The number of amides is 1. The van der Waals surface area contributed by atoms with Crippen LogP contribution < -0.4 is 10.6 Å². The van der Waals surface area contributed by atoms with E-state index >= 15 is 0 Å². The van der Waals surface area contributed by atoms with Crippen LogP contribution in [0.15, 0.2) is 51.8 Å². The first-order valence-electron chi connectivity index (χ1n) is 8.84. The maximum Gasteiger partial charge on any atom is 0.243 e. The van der Waals surface area contributed by atoms with Crippen LogP contribution in [0.3, 0.4) is 0 Å². The standard InChI is InChI=1S/C19H22BrN3O4S/c1-14-5-6-18(17(20)11-14)22-19(24)13-21-15-3-2-4-16(12-15)28(25,26)23-7-9-27-10-8-23/h2-6,11-12,21H,7-10,13H2,1H3,(H,22,24). The van der Waals surface area contributed by atoms with Crippen LogP contribution >= 0.6 is 15.9 Å². The fourth-order valence-corrected chi connectivity index (χ4v) is 4.85. The number of morpholine rings is 1. The van der Waals surface area contributed by atoms with Crippen molar-refractivity contribution in [2.75, 3.05) is 43.5 Å². The molecule has 0 aliphatic carbocycles. The molecule has 1 aliphatic heterocycles. The van der Waals surface area contributed by atoms with E-state index in [1.807, 2.05) is 25.1 Å². The van der Waals surface area contributed by atoms with Crippen LogP contribution in [0.5, 0.6) is 0 Å². The molecule has 0 aromatic heterocycles. The third kappa shape index (κ3) is 5.11. The third-order valence-electron chi connectivity index (χ3n) is 4.29. The molecule has 0 unspecified atom stereocenters. The van der Waals surface area contributed by atoms with E-state index in [1.165, 1.54) is 4.31 Å². The zero-order valence-electron chi connectivity index (χ0n) is 15.4. The maximum absolute atomic E-state index is 12.7. The Morgan fingerprint density at radius 2 is 1.93 bits per heavy atom. The summed E-state index contributed by atoms with van der Waals surface area (Å²) < 4.78 is 32.9. The number of hydrogen-bond acceptors (Lipinski definition) is 5. The van der Waals surface area contributed by atoms with Crippen LogP contribution in [-0.4, -0.2) is 51.5 Å². The Labute approximate surface area is 173 Å². The van der Waals surface area contributed by atoms with Crippen molar-refractivity contribution < 1.29 is 17.9 Å². The molecule has 0 bridgehead atoms. The van der Waals surface area contributed by atoms with Gasteiger partial charge in [0.25, 0.3) is 0 Å². The van der Waals surface area contributed by atoms with Crippen LogP contribution in [0, 0.1) is 6.92 Å². The summed E-state index contributed by atoms with van der Waals surface area (Å²) >= 11 is 3.43. The molecule has 1 aliphatic rings. The molecule has 0 spiro atoms. The van der Waals surface area contributed by atoms with E-state index in [0.29, 0.717) is 37.7 Å². The summed E-state index contributed by atoms with van der Waals surface area (Å²) in [7, 11) is -3.57. The molecular formula is C19H22BrN3O4S. The van der Waals surface area contributed by atoms with Crippen molar-refractivity contribution in [2.45, 2.75) is 11.8 Å². The summed E-state index contributed by atoms with van der Waals surface area (Å²) in [6, 6.07) is 12.1. The molecule has 2 N–H and O–H groups in total. The fourth-order valence-electron chi connectivity index (χ4n) is 2.80. The zero-order valence-corrected chi connectivity index (χ0v) is 17.8. The van der Waals surface area contributed by atoms with Crippen molar-refractivity contribution in [3.05, 3.63) is 52.5 Å². The zero-order chi connectivity index (χ0) is 20.1. The van der Waals surface area contributed by atoms with Gasteiger partial charge in [-0.15, -0.1) is 0 Å². The quantitative estimate of drug-likeness (QED) is 0.681. The predicted molar refractivity (Wildman–Crippen MR) is 112 cm³/mol. The van der Waals surface area contributed by atoms with Gasteiger partial charge >= 0.3 is 0 Å². The molecule has 1 saturated heterocycles. The Balaban J connectivity index is 1.63. The lowest BCUT2D eigenvalue weighted by Crippen LogP contribution is -2.40. The predicted octanol–water partition coefficient (Wildman–Crippen LogP) is 2.83. The average molecular weight is 468 g/mol. The topological polar surface area (TPSA) is 87.7 Å². The van der Waals surface area contributed by atoms with Crippen molar-refractivity contribution in [3.8, 4) is 0 Å². The molecule has 1 heterocycles. The number of nitrogens with one attached hydrogen (secondary N) is 2. The van der Waals surface area contributed by atoms with E-state index in [9.17, 15) is 13.2 Å². The van der Waals surface area contributed by atoms with Gasteiger partial charge in [0.2, 0.25) is 15.9 Å². The van der Waals surface area contributed by atoms with Gasteiger partial charge in [0.05, 0.1) is 30.3 Å². The number of nitrogens with zero attached hydrogens (tertiary/aromatic N) is 1. The van der Waals surface area contributed by atoms with Crippen LogP contribution in [0.25, 0.3) is 0 Å². The molecular weight excluding hydrogens is 446 g/mol. The smallest absolute Gasteiger partial charge is 0.243 e. The molecule has 150 valence electrons. The number of carbonyl (C=O) groups is 1. The largest absolute Gasteiger partial charge is 0.379 e. The Bertz CT molecular complexity index is 959. The minimum absolute atomic E-state index is 0.0152. The second-order valence-electron chi connectivity index (χ2n) is 6.43. The number of rotatable bonds is 6. The first-order valence-corrected chi connectivity index (χ1v) is 11.1. The summed E-state index contributed by atoms with van der Waals surface area (Å²) in [5.74, 6) is -0.231. The van der Waals surface area contributed by atoms with Gasteiger partial charge in [0.1, 0.15) is 0 Å². The van der Waals surface area contributed by atoms with Gasteiger partial charge in [-0.3, -0.25) is 4.79 Å². The number of halogens is 1. The molecule has 0 atom stereocenters. The summed E-state index contributed by atoms with van der Waals surface area (Å²) in [4.78, 5) is 12.4. The van der Waals surface area contributed by atoms with Gasteiger partial charge in [-0.2, -0.15) is 4.31 Å². The molecule has 3 rings (SSSR count). The molecule has 1 fully saturated rings. The first kappa shape index (κ1) is 20.8. The van der Waals surface area contributed by atoms with Gasteiger partial charge < -0.3 is 15.4 Å². The van der Waals surface area contributed by atoms with E-state index < -0.39 is 10.0 Å². The van der Waals surface area contributed by atoms with Gasteiger partial charge in [-0.05, 0) is 58.7 Å². The number of hydrogen-bond donors (Lipinski definition) is 2. The number of aryl methyl sites for hydroxylation is 1. The minimum Gasteiger partial charge on any atom is -0.379 e. The maximum atomic E-state index is 12.7. The summed E-state index contributed by atoms with van der Waals surface area (Å²) in [5.41, 5.74) is 2.33. The Morgan fingerprint density at radius 1 is 1.18 bits per heavy atom. The molecule has 9 heteroatoms. The molecule has 7 nitrogen and oxygen atoms in total. The Morgan fingerprint density at radius 3 is 2.64 bits per heavy atom. The highest BCUT2D eigenvalue weighted by atomic mass is 79.9. The van der Waals surface area contributed by atoms with Crippen LogP contribution in [0.1, 0.15) is 5.56 Å². The van der Waals surface area contributed by atoms with Crippen molar-refractivity contribution in [3.63, 3.8) is 0 Å². The highest BCUT2D eigenvalue weighted by molar-refractivity contribution is 9.10. The van der Waals surface area contributed by atoms with E-state index in [4.69, 9.17) is 4.74 Å². The van der Waals surface area contributed by atoms with E-state index in [2.05, 4.69) is 26.6 Å². The molecule has 0 saturated carbocycles. The molecule has 2 aromatic carbocycles. The van der Waals surface area contributed by atoms with E-state index in [0.717, 1.165) is 10.0 Å². The van der Waals surface area contributed by atoms with Crippen LogP contribution in [0.2, 0.25) is 0 Å². The number of sulfonamides is 1. The molecule has 2 aromatic rings.